The van der Waals surface area contributed by atoms with E-state index in [0.29, 0.717) is 6.42 Å². The van der Waals surface area contributed by atoms with Crippen LogP contribution < -0.4 is 0 Å². The second-order valence-electron chi connectivity index (χ2n) is 4.58. The molecule has 0 saturated carbocycles. The zero-order valence-electron chi connectivity index (χ0n) is 11.1. The number of amides is 1. The van der Waals surface area contributed by atoms with Crippen LogP contribution in [0.3, 0.4) is 0 Å². The summed E-state index contributed by atoms with van der Waals surface area (Å²) in [6.45, 7) is 1.70. The average molecular weight is 267 g/mol. The number of carboxylic acids is 1. The highest BCUT2D eigenvalue weighted by Gasteiger charge is 2.17. The van der Waals surface area contributed by atoms with Gasteiger partial charge in [-0.15, -0.1) is 0 Å². The quantitative estimate of drug-likeness (QED) is 0.858. The van der Waals surface area contributed by atoms with Crippen LogP contribution in [0.2, 0.25) is 0 Å². The predicted octanol–water partition coefficient (Wildman–Crippen LogP) is 2.08. The number of benzene rings is 1. The van der Waals surface area contributed by atoms with Gasteiger partial charge >= 0.3 is 5.97 Å². The molecular weight excluding hydrogens is 249 g/mol. The van der Waals surface area contributed by atoms with Crippen molar-refractivity contribution in [2.24, 2.45) is 0 Å². The highest BCUT2D eigenvalue weighted by atomic mass is 19.1. The van der Waals surface area contributed by atoms with Crippen LogP contribution in [0.15, 0.2) is 24.3 Å². The molecule has 0 radical (unpaired) electrons. The average Bonchev–Trinajstić information content (AvgIpc) is 2.36. The zero-order chi connectivity index (χ0) is 14.4. The number of halogens is 1. The molecule has 0 aliphatic carbocycles. The van der Waals surface area contributed by atoms with Gasteiger partial charge in [-0.1, -0.05) is 12.1 Å². The van der Waals surface area contributed by atoms with Crippen molar-refractivity contribution in [3.63, 3.8) is 0 Å². The lowest BCUT2D eigenvalue weighted by molar-refractivity contribution is -0.139. The summed E-state index contributed by atoms with van der Waals surface area (Å²) < 4.78 is 12.7. The van der Waals surface area contributed by atoms with Gasteiger partial charge in [0.25, 0.3) is 0 Å². The molecule has 104 valence electrons. The van der Waals surface area contributed by atoms with E-state index in [2.05, 4.69) is 0 Å². The number of carbonyl (C=O) groups excluding carboxylic acids is 1. The molecule has 0 bridgehead atoms. The fourth-order valence-electron chi connectivity index (χ4n) is 1.71. The van der Waals surface area contributed by atoms with Crippen LogP contribution in [0.1, 0.15) is 25.3 Å². The summed E-state index contributed by atoms with van der Waals surface area (Å²) in [7, 11) is 1.60. The summed E-state index contributed by atoms with van der Waals surface area (Å²) >= 11 is 0. The highest BCUT2D eigenvalue weighted by molar-refractivity contribution is 5.77. The predicted molar refractivity (Wildman–Crippen MR) is 69.2 cm³/mol. The van der Waals surface area contributed by atoms with E-state index in [9.17, 15) is 14.0 Å². The number of carbonyl (C=O) groups is 2. The summed E-state index contributed by atoms with van der Waals surface area (Å²) in [6, 6.07) is 5.66. The first kappa shape index (κ1) is 15.1. The van der Waals surface area contributed by atoms with E-state index in [-0.39, 0.29) is 30.6 Å². The van der Waals surface area contributed by atoms with Gasteiger partial charge in [-0.3, -0.25) is 9.59 Å². The Labute approximate surface area is 111 Å². The Balaban J connectivity index is 2.46. The lowest BCUT2D eigenvalue weighted by Gasteiger charge is -2.23. The molecule has 1 aromatic carbocycles. The van der Waals surface area contributed by atoms with Crippen molar-refractivity contribution in [3.05, 3.63) is 35.6 Å². The van der Waals surface area contributed by atoms with Crippen LogP contribution in [0, 0.1) is 5.82 Å². The molecule has 0 aromatic heterocycles. The van der Waals surface area contributed by atoms with E-state index in [1.165, 1.54) is 17.0 Å². The van der Waals surface area contributed by atoms with Crippen molar-refractivity contribution in [2.45, 2.75) is 32.2 Å². The van der Waals surface area contributed by atoms with Crippen molar-refractivity contribution in [1.29, 1.82) is 0 Å². The first-order chi connectivity index (χ1) is 8.90. The summed E-state index contributed by atoms with van der Waals surface area (Å²) in [5.74, 6) is -1.34. The smallest absolute Gasteiger partial charge is 0.305 e. The third-order valence-corrected chi connectivity index (χ3v) is 3.07. The van der Waals surface area contributed by atoms with Gasteiger partial charge in [-0.2, -0.15) is 0 Å². The molecule has 1 aromatic rings. The normalized spacial score (nSPS) is 11.9. The van der Waals surface area contributed by atoms with Gasteiger partial charge in [-0.05, 0) is 31.0 Å². The molecule has 0 aliphatic heterocycles. The van der Waals surface area contributed by atoms with Gasteiger partial charge < -0.3 is 10.0 Å². The molecule has 0 spiro atoms. The molecule has 1 amide bonds. The number of nitrogens with zero attached hydrogens (tertiary/aromatic N) is 1. The van der Waals surface area contributed by atoms with Crippen LogP contribution in [0.4, 0.5) is 4.39 Å². The third-order valence-electron chi connectivity index (χ3n) is 3.07. The third kappa shape index (κ3) is 5.07. The molecule has 0 heterocycles. The molecule has 1 rings (SSSR count). The second-order valence-corrected chi connectivity index (χ2v) is 4.58. The Hall–Kier alpha value is -1.91. The van der Waals surface area contributed by atoms with Gasteiger partial charge in [-0.25, -0.2) is 4.39 Å². The lowest BCUT2D eigenvalue weighted by atomic mass is 10.1. The van der Waals surface area contributed by atoms with Crippen molar-refractivity contribution in [3.8, 4) is 0 Å². The second kappa shape index (κ2) is 6.87. The number of aryl methyl sites for hydroxylation is 1. The molecule has 0 fully saturated rings. The topological polar surface area (TPSA) is 57.6 Å². The maximum absolute atomic E-state index is 12.7. The Morgan fingerprint density at radius 1 is 1.32 bits per heavy atom. The van der Waals surface area contributed by atoms with Crippen LogP contribution in [-0.2, 0) is 16.0 Å². The number of aliphatic carboxylic acids is 1. The van der Waals surface area contributed by atoms with E-state index >= 15 is 0 Å². The first-order valence-corrected chi connectivity index (χ1v) is 6.12. The van der Waals surface area contributed by atoms with Crippen LogP contribution in [0.25, 0.3) is 0 Å². The number of hydrogen-bond acceptors (Lipinski definition) is 2. The number of hydrogen-bond donors (Lipinski definition) is 1. The van der Waals surface area contributed by atoms with Gasteiger partial charge in [0.1, 0.15) is 5.82 Å². The largest absolute Gasteiger partial charge is 0.481 e. The standard InChI is InChI=1S/C14H18FNO3/c1-10(9-14(18)19)16(2)13(17)8-5-11-3-6-12(15)7-4-11/h3-4,6-7,10H,5,8-9H2,1-2H3,(H,18,19). The Bertz CT molecular complexity index is 445. The number of carboxylic acid groups (broad SMARTS) is 1. The van der Waals surface area contributed by atoms with E-state index in [1.807, 2.05) is 0 Å². The Morgan fingerprint density at radius 2 is 1.89 bits per heavy atom. The fourth-order valence-corrected chi connectivity index (χ4v) is 1.71. The number of rotatable bonds is 6. The van der Waals surface area contributed by atoms with Gasteiger partial charge in [0.2, 0.25) is 5.91 Å². The minimum absolute atomic E-state index is 0.0706. The molecule has 0 saturated heterocycles. The molecule has 1 unspecified atom stereocenters. The van der Waals surface area contributed by atoms with E-state index in [4.69, 9.17) is 5.11 Å². The van der Waals surface area contributed by atoms with E-state index in [0.717, 1.165) is 5.56 Å². The van der Waals surface area contributed by atoms with Crippen molar-refractivity contribution >= 4 is 11.9 Å². The molecule has 1 atom stereocenters. The molecular formula is C14H18FNO3. The first-order valence-electron chi connectivity index (χ1n) is 6.12. The SMILES string of the molecule is CC(CC(=O)O)N(C)C(=O)CCc1ccc(F)cc1. The van der Waals surface area contributed by atoms with Crippen LogP contribution >= 0.6 is 0 Å². The van der Waals surface area contributed by atoms with Crippen molar-refractivity contribution in [2.75, 3.05) is 7.05 Å². The van der Waals surface area contributed by atoms with Crippen LogP contribution in [0.5, 0.6) is 0 Å². The highest BCUT2D eigenvalue weighted by Crippen LogP contribution is 2.09. The van der Waals surface area contributed by atoms with E-state index in [1.54, 1.807) is 26.1 Å². The van der Waals surface area contributed by atoms with Gasteiger partial charge in [0.05, 0.1) is 6.42 Å². The Kier molecular flexibility index (Phi) is 5.48. The molecule has 4 nitrogen and oxygen atoms in total. The molecule has 19 heavy (non-hydrogen) atoms. The van der Waals surface area contributed by atoms with Gasteiger partial charge in [0.15, 0.2) is 0 Å². The van der Waals surface area contributed by atoms with Crippen molar-refractivity contribution < 1.29 is 19.1 Å². The summed E-state index contributed by atoms with van der Waals surface area (Å²) in [5.41, 5.74) is 0.883. The van der Waals surface area contributed by atoms with Gasteiger partial charge in [0, 0.05) is 19.5 Å². The molecule has 5 heteroatoms. The maximum atomic E-state index is 12.7. The minimum Gasteiger partial charge on any atom is -0.481 e. The lowest BCUT2D eigenvalue weighted by Crippen LogP contribution is -2.36. The zero-order valence-corrected chi connectivity index (χ0v) is 11.1. The fraction of sp³-hybridized carbons (Fsp3) is 0.429. The summed E-state index contributed by atoms with van der Waals surface area (Å²) in [6.07, 6.45) is 0.730. The summed E-state index contributed by atoms with van der Waals surface area (Å²) in [5, 5.41) is 8.67. The minimum atomic E-state index is -0.925. The maximum Gasteiger partial charge on any atom is 0.305 e. The van der Waals surface area contributed by atoms with Crippen molar-refractivity contribution in [1.82, 2.24) is 4.90 Å². The molecule has 0 aliphatic rings. The summed E-state index contributed by atoms with van der Waals surface area (Å²) in [4.78, 5) is 23.9. The molecule has 1 N–H and O–H groups in total. The Morgan fingerprint density at radius 3 is 2.42 bits per heavy atom. The van der Waals surface area contributed by atoms with E-state index < -0.39 is 5.97 Å². The monoisotopic (exact) mass is 267 g/mol. The van der Waals surface area contributed by atoms with Crippen LogP contribution in [-0.4, -0.2) is 35.0 Å².